The summed E-state index contributed by atoms with van der Waals surface area (Å²) in [5.41, 5.74) is -0.143. The highest BCUT2D eigenvalue weighted by Crippen LogP contribution is 2.31. The number of amides is 1. The fraction of sp³-hybridized carbons (Fsp3) is 0.929. The Morgan fingerprint density at radius 1 is 1.39 bits per heavy atom. The minimum absolute atomic E-state index is 0.143. The van der Waals surface area contributed by atoms with Crippen molar-refractivity contribution in [2.24, 2.45) is 5.41 Å². The Morgan fingerprint density at radius 2 is 2.06 bits per heavy atom. The summed E-state index contributed by atoms with van der Waals surface area (Å²) in [6.45, 7) is 6.27. The van der Waals surface area contributed by atoms with E-state index < -0.39 is 0 Å². The fourth-order valence-electron chi connectivity index (χ4n) is 3.24. The van der Waals surface area contributed by atoms with Gasteiger partial charge in [0.1, 0.15) is 0 Å². The number of likely N-dealkylation sites (N-methyl/N-ethyl adjacent to an activating group) is 2. The lowest BCUT2D eigenvalue weighted by atomic mass is 9.79. The highest BCUT2D eigenvalue weighted by molar-refractivity contribution is 5.82. The van der Waals surface area contributed by atoms with Crippen molar-refractivity contribution >= 4 is 5.91 Å². The second-order valence-corrected chi connectivity index (χ2v) is 6.29. The van der Waals surface area contributed by atoms with Crippen LogP contribution >= 0.6 is 0 Å². The molecule has 1 unspecified atom stereocenters. The van der Waals surface area contributed by atoms with E-state index in [2.05, 4.69) is 24.2 Å². The Morgan fingerprint density at radius 3 is 2.67 bits per heavy atom. The van der Waals surface area contributed by atoms with E-state index in [1.54, 1.807) is 0 Å². The third-order valence-corrected chi connectivity index (χ3v) is 4.69. The normalized spacial score (nSPS) is 28.9. The largest absolute Gasteiger partial charge is 0.341 e. The Bertz CT molecular complexity index is 299. The van der Waals surface area contributed by atoms with Crippen molar-refractivity contribution in [2.75, 3.05) is 40.3 Å². The smallest absolute Gasteiger partial charge is 0.228 e. The van der Waals surface area contributed by atoms with E-state index in [4.69, 9.17) is 0 Å². The van der Waals surface area contributed by atoms with Crippen molar-refractivity contribution < 1.29 is 4.79 Å². The number of carbonyl (C=O) groups excluding carboxylic acids is 1. The van der Waals surface area contributed by atoms with Crippen LogP contribution in [0.2, 0.25) is 0 Å². The maximum absolute atomic E-state index is 12.7. The van der Waals surface area contributed by atoms with Gasteiger partial charge in [0.25, 0.3) is 0 Å². The molecule has 1 atom stereocenters. The zero-order valence-corrected chi connectivity index (χ0v) is 12.0. The van der Waals surface area contributed by atoms with Crippen molar-refractivity contribution in [1.82, 2.24) is 15.1 Å². The monoisotopic (exact) mass is 253 g/mol. The molecule has 2 aliphatic heterocycles. The zero-order chi connectivity index (χ0) is 13.2. The SMILES string of the molecule is CN1CCCC(N(C)C(=O)C2(C)CCNCC2)C1. The van der Waals surface area contributed by atoms with Gasteiger partial charge < -0.3 is 15.1 Å². The Hall–Kier alpha value is -0.610. The van der Waals surface area contributed by atoms with Crippen LogP contribution < -0.4 is 5.32 Å². The molecule has 104 valence electrons. The summed E-state index contributed by atoms with van der Waals surface area (Å²) in [6, 6.07) is 0.406. The van der Waals surface area contributed by atoms with Crippen molar-refractivity contribution in [3.63, 3.8) is 0 Å². The molecule has 0 aromatic heterocycles. The molecule has 0 bridgehead atoms. The van der Waals surface area contributed by atoms with Crippen molar-refractivity contribution in [1.29, 1.82) is 0 Å². The molecule has 0 saturated carbocycles. The van der Waals surface area contributed by atoms with Crippen LogP contribution in [0.25, 0.3) is 0 Å². The van der Waals surface area contributed by atoms with E-state index in [9.17, 15) is 4.79 Å². The van der Waals surface area contributed by atoms with Gasteiger partial charge in [-0.15, -0.1) is 0 Å². The highest BCUT2D eigenvalue weighted by atomic mass is 16.2. The molecule has 4 heteroatoms. The Balaban J connectivity index is 1.98. The van der Waals surface area contributed by atoms with E-state index >= 15 is 0 Å². The van der Waals surface area contributed by atoms with Gasteiger partial charge in [-0.2, -0.15) is 0 Å². The summed E-state index contributed by atoms with van der Waals surface area (Å²) >= 11 is 0. The van der Waals surface area contributed by atoms with E-state index in [-0.39, 0.29) is 5.41 Å². The molecule has 0 radical (unpaired) electrons. The van der Waals surface area contributed by atoms with E-state index in [0.717, 1.165) is 38.9 Å². The summed E-state index contributed by atoms with van der Waals surface area (Å²) in [4.78, 5) is 17.1. The predicted molar refractivity (Wildman–Crippen MR) is 73.5 cm³/mol. The second-order valence-electron chi connectivity index (χ2n) is 6.29. The highest BCUT2D eigenvalue weighted by Gasteiger charge is 2.38. The minimum atomic E-state index is -0.143. The van der Waals surface area contributed by atoms with Gasteiger partial charge in [0, 0.05) is 25.0 Å². The molecular formula is C14H27N3O. The van der Waals surface area contributed by atoms with Crippen molar-refractivity contribution in [3.8, 4) is 0 Å². The van der Waals surface area contributed by atoms with Crippen LogP contribution in [-0.4, -0.2) is 62.0 Å². The molecule has 0 aromatic rings. The van der Waals surface area contributed by atoms with Crippen LogP contribution in [0, 0.1) is 5.41 Å². The van der Waals surface area contributed by atoms with Gasteiger partial charge >= 0.3 is 0 Å². The van der Waals surface area contributed by atoms with Crippen LogP contribution in [0.4, 0.5) is 0 Å². The lowest BCUT2D eigenvalue weighted by Crippen LogP contribution is -2.53. The predicted octanol–water partition coefficient (Wildman–Crippen LogP) is 0.929. The quantitative estimate of drug-likeness (QED) is 0.795. The van der Waals surface area contributed by atoms with Gasteiger partial charge in [0.15, 0.2) is 0 Å². The summed E-state index contributed by atoms with van der Waals surface area (Å²) in [7, 11) is 4.15. The number of rotatable bonds is 2. The topological polar surface area (TPSA) is 35.6 Å². The van der Waals surface area contributed by atoms with Crippen LogP contribution in [-0.2, 0) is 4.79 Å². The number of piperidine rings is 2. The minimum Gasteiger partial charge on any atom is -0.341 e. The average Bonchev–Trinajstić information content (AvgIpc) is 2.38. The number of nitrogens with one attached hydrogen (secondary N) is 1. The fourth-order valence-corrected chi connectivity index (χ4v) is 3.24. The number of carbonyl (C=O) groups is 1. The first kappa shape index (κ1) is 13.8. The van der Waals surface area contributed by atoms with E-state index in [1.165, 1.54) is 13.0 Å². The number of hydrogen-bond donors (Lipinski definition) is 1. The second kappa shape index (κ2) is 5.57. The Kier molecular flexibility index (Phi) is 4.28. The van der Waals surface area contributed by atoms with E-state index in [1.807, 2.05) is 11.9 Å². The molecule has 1 N–H and O–H groups in total. The van der Waals surface area contributed by atoms with Crippen molar-refractivity contribution in [2.45, 2.75) is 38.6 Å². The number of nitrogens with zero attached hydrogens (tertiary/aromatic N) is 2. The van der Waals surface area contributed by atoms with Crippen LogP contribution in [0.15, 0.2) is 0 Å². The molecule has 0 aliphatic carbocycles. The molecule has 2 saturated heterocycles. The summed E-state index contributed by atoms with van der Waals surface area (Å²) in [5.74, 6) is 0.351. The summed E-state index contributed by atoms with van der Waals surface area (Å²) < 4.78 is 0. The average molecular weight is 253 g/mol. The molecular weight excluding hydrogens is 226 g/mol. The Labute approximate surface area is 111 Å². The van der Waals surface area contributed by atoms with Gasteiger partial charge in [-0.25, -0.2) is 0 Å². The first-order valence-corrected chi connectivity index (χ1v) is 7.19. The van der Waals surface area contributed by atoms with Gasteiger partial charge in [0.05, 0.1) is 0 Å². The summed E-state index contributed by atoms with van der Waals surface area (Å²) in [6.07, 6.45) is 4.30. The van der Waals surface area contributed by atoms with Gasteiger partial charge in [0.2, 0.25) is 5.91 Å². The first-order chi connectivity index (χ1) is 8.53. The van der Waals surface area contributed by atoms with Crippen LogP contribution in [0.5, 0.6) is 0 Å². The molecule has 2 fully saturated rings. The lowest BCUT2D eigenvalue weighted by molar-refractivity contribution is -0.144. The van der Waals surface area contributed by atoms with Gasteiger partial charge in [-0.05, 0) is 52.4 Å². The molecule has 4 nitrogen and oxygen atoms in total. The van der Waals surface area contributed by atoms with Crippen LogP contribution in [0.1, 0.15) is 32.6 Å². The number of hydrogen-bond acceptors (Lipinski definition) is 3. The zero-order valence-electron chi connectivity index (χ0n) is 12.0. The van der Waals surface area contributed by atoms with Gasteiger partial charge in [-0.3, -0.25) is 4.79 Å². The lowest BCUT2D eigenvalue weighted by Gasteiger charge is -2.41. The number of likely N-dealkylation sites (tertiary alicyclic amines) is 1. The third-order valence-electron chi connectivity index (χ3n) is 4.69. The molecule has 2 heterocycles. The molecule has 0 aromatic carbocycles. The molecule has 1 amide bonds. The van der Waals surface area contributed by atoms with Crippen molar-refractivity contribution in [3.05, 3.63) is 0 Å². The summed E-state index contributed by atoms with van der Waals surface area (Å²) in [5, 5.41) is 3.34. The standard InChI is InChI=1S/C14H27N3O/c1-14(6-8-15-9-7-14)13(18)17(3)12-5-4-10-16(2)11-12/h12,15H,4-11H2,1-3H3. The van der Waals surface area contributed by atoms with Gasteiger partial charge in [-0.1, -0.05) is 6.92 Å². The van der Waals surface area contributed by atoms with E-state index in [0.29, 0.717) is 11.9 Å². The molecule has 2 rings (SSSR count). The maximum Gasteiger partial charge on any atom is 0.228 e. The molecule has 0 spiro atoms. The third kappa shape index (κ3) is 2.86. The first-order valence-electron chi connectivity index (χ1n) is 7.19. The maximum atomic E-state index is 12.7. The van der Waals surface area contributed by atoms with Crippen LogP contribution in [0.3, 0.4) is 0 Å². The molecule has 18 heavy (non-hydrogen) atoms. The molecule has 2 aliphatic rings.